The van der Waals surface area contributed by atoms with E-state index in [1.807, 2.05) is 30.3 Å². The minimum atomic E-state index is 0.384. The van der Waals surface area contributed by atoms with Crippen molar-refractivity contribution in [1.29, 1.82) is 5.26 Å². The van der Waals surface area contributed by atoms with Gasteiger partial charge in [-0.05, 0) is 63.0 Å². The van der Waals surface area contributed by atoms with Crippen LogP contribution in [0.3, 0.4) is 0 Å². The molecular weight excluding hydrogens is 474 g/mol. The lowest BCUT2D eigenvalue weighted by molar-refractivity contribution is 1.17. The fraction of sp³-hybridized carbons (Fsp3) is 0. The lowest BCUT2D eigenvalue weighted by atomic mass is 9.89. The molecule has 0 saturated heterocycles. The summed E-state index contributed by atoms with van der Waals surface area (Å²) in [5.74, 6) is 0.703. The SMILES string of the molecule is N#Cc1cccc(N(c2ccccc2)c2c3ccccc3c(-c3ccc4ccccc4c3)c3ccccc23)n1. The summed E-state index contributed by atoms with van der Waals surface area (Å²) in [5, 5.41) is 16.6. The maximum absolute atomic E-state index is 9.64. The summed E-state index contributed by atoms with van der Waals surface area (Å²) in [6, 6.07) is 50.4. The van der Waals surface area contributed by atoms with Crippen LogP contribution in [-0.4, -0.2) is 4.98 Å². The number of pyridine rings is 1. The maximum Gasteiger partial charge on any atom is 0.142 e. The second-order valence-corrected chi connectivity index (χ2v) is 9.54. The van der Waals surface area contributed by atoms with Crippen LogP contribution in [0.5, 0.6) is 0 Å². The Labute approximate surface area is 226 Å². The van der Waals surface area contributed by atoms with E-state index in [-0.39, 0.29) is 0 Å². The zero-order chi connectivity index (χ0) is 26.2. The number of hydrogen-bond donors (Lipinski definition) is 0. The van der Waals surface area contributed by atoms with Crippen LogP contribution in [0.4, 0.5) is 17.2 Å². The minimum Gasteiger partial charge on any atom is -0.294 e. The van der Waals surface area contributed by atoms with Gasteiger partial charge in [-0.1, -0.05) is 109 Å². The van der Waals surface area contributed by atoms with Crippen molar-refractivity contribution in [3.8, 4) is 17.2 Å². The van der Waals surface area contributed by atoms with E-state index in [4.69, 9.17) is 4.98 Å². The van der Waals surface area contributed by atoms with Crippen molar-refractivity contribution in [1.82, 2.24) is 4.98 Å². The molecule has 182 valence electrons. The van der Waals surface area contributed by atoms with E-state index in [0.717, 1.165) is 22.1 Å². The summed E-state index contributed by atoms with van der Waals surface area (Å²) in [4.78, 5) is 6.91. The first-order valence-electron chi connectivity index (χ1n) is 13.0. The molecule has 0 aliphatic rings. The number of para-hydroxylation sites is 1. The first-order valence-corrected chi connectivity index (χ1v) is 13.0. The van der Waals surface area contributed by atoms with Crippen molar-refractivity contribution in [2.24, 2.45) is 0 Å². The quantitative estimate of drug-likeness (QED) is 0.227. The molecule has 7 rings (SSSR count). The lowest BCUT2D eigenvalue weighted by Gasteiger charge is -2.28. The van der Waals surface area contributed by atoms with Crippen molar-refractivity contribution in [2.75, 3.05) is 4.90 Å². The van der Waals surface area contributed by atoms with Crippen LogP contribution in [0.2, 0.25) is 0 Å². The van der Waals surface area contributed by atoms with Gasteiger partial charge < -0.3 is 0 Å². The molecule has 0 radical (unpaired) electrons. The third-order valence-corrected chi connectivity index (χ3v) is 7.26. The van der Waals surface area contributed by atoms with E-state index in [1.54, 1.807) is 6.07 Å². The van der Waals surface area contributed by atoms with E-state index >= 15 is 0 Å². The normalized spacial score (nSPS) is 11.1. The number of nitriles is 1. The molecule has 3 nitrogen and oxygen atoms in total. The maximum atomic E-state index is 9.64. The van der Waals surface area contributed by atoms with Gasteiger partial charge in [0, 0.05) is 16.5 Å². The summed E-state index contributed by atoms with van der Waals surface area (Å²) < 4.78 is 0. The molecule has 7 aromatic rings. The van der Waals surface area contributed by atoms with Crippen LogP contribution in [0, 0.1) is 11.3 Å². The first-order chi connectivity index (χ1) is 19.3. The molecule has 0 saturated carbocycles. The number of hydrogen-bond acceptors (Lipinski definition) is 3. The summed E-state index contributed by atoms with van der Waals surface area (Å²) in [6.45, 7) is 0. The smallest absolute Gasteiger partial charge is 0.142 e. The van der Waals surface area contributed by atoms with Crippen LogP contribution < -0.4 is 4.90 Å². The van der Waals surface area contributed by atoms with E-state index in [1.165, 1.54) is 32.7 Å². The number of rotatable bonds is 4. The van der Waals surface area contributed by atoms with Gasteiger partial charge in [0.15, 0.2) is 0 Å². The third kappa shape index (κ3) is 3.87. The molecule has 0 aliphatic heterocycles. The fourth-order valence-electron chi connectivity index (χ4n) is 5.57. The van der Waals surface area contributed by atoms with E-state index < -0.39 is 0 Å². The molecule has 39 heavy (non-hydrogen) atoms. The highest BCUT2D eigenvalue weighted by molar-refractivity contribution is 6.22. The summed E-state index contributed by atoms with van der Waals surface area (Å²) in [6.07, 6.45) is 0. The van der Waals surface area contributed by atoms with E-state index in [2.05, 4.69) is 114 Å². The Morgan fingerprint density at radius 3 is 1.85 bits per heavy atom. The molecule has 1 aromatic heterocycles. The zero-order valence-corrected chi connectivity index (χ0v) is 21.1. The molecule has 0 aliphatic carbocycles. The Morgan fingerprint density at radius 2 is 1.15 bits per heavy atom. The van der Waals surface area contributed by atoms with Gasteiger partial charge in [0.2, 0.25) is 0 Å². The van der Waals surface area contributed by atoms with Crippen molar-refractivity contribution in [2.45, 2.75) is 0 Å². The van der Waals surface area contributed by atoms with Gasteiger partial charge >= 0.3 is 0 Å². The molecule has 0 bridgehead atoms. The van der Waals surface area contributed by atoms with Crippen molar-refractivity contribution in [3.05, 3.63) is 145 Å². The van der Waals surface area contributed by atoms with Crippen LogP contribution in [0.1, 0.15) is 5.69 Å². The highest BCUT2D eigenvalue weighted by atomic mass is 15.2. The Kier molecular flexibility index (Phi) is 5.50. The molecule has 0 amide bonds. The van der Waals surface area contributed by atoms with E-state index in [0.29, 0.717) is 11.5 Å². The molecule has 0 fully saturated rings. The first kappa shape index (κ1) is 22.7. The highest BCUT2D eigenvalue weighted by Gasteiger charge is 2.22. The number of fused-ring (bicyclic) bond motifs is 3. The zero-order valence-electron chi connectivity index (χ0n) is 21.1. The van der Waals surface area contributed by atoms with Crippen LogP contribution in [0.25, 0.3) is 43.4 Å². The second-order valence-electron chi connectivity index (χ2n) is 9.54. The summed E-state index contributed by atoms with van der Waals surface area (Å²) in [5.41, 5.74) is 4.80. The minimum absolute atomic E-state index is 0.384. The van der Waals surface area contributed by atoms with Gasteiger partial charge in [-0.15, -0.1) is 0 Å². The summed E-state index contributed by atoms with van der Waals surface area (Å²) >= 11 is 0. The summed E-state index contributed by atoms with van der Waals surface area (Å²) in [7, 11) is 0. The second kappa shape index (κ2) is 9.45. The Hall–Kier alpha value is -5.46. The predicted molar refractivity (Wildman–Crippen MR) is 162 cm³/mol. The molecule has 6 aromatic carbocycles. The molecule has 0 N–H and O–H groups in total. The van der Waals surface area contributed by atoms with Crippen molar-refractivity contribution < 1.29 is 0 Å². The average molecular weight is 498 g/mol. The molecule has 0 unspecified atom stereocenters. The van der Waals surface area contributed by atoms with Crippen molar-refractivity contribution >= 4 is 49.5 Å². The Bertz CT molecular complexity index is 1980. The van der Waals surface area contributed by atoms with Gasteiger partial charge in [-0.2, -0.15) is 5.26 Å². The number of benzene rings is 6. The standard InChI is InChI=1S/C36H23N3/c37-24-28-13-10-20-34(38-28)39(29-14-2-1-3-15-29)36-32-18-8-6-16-30(32)35(31-17-7-9-19-33(31)36)27-22-21-25-11-4-5-12-26(25)23-27/h1-23H. The van der Waals surface area contributed by atoms with Gasteiger partial charge in [0.1, 0.15) is 17.6 Å². The van der Waals surface area contributed by atoms with Gasteiger partial charge in [-0.3, -0.25) is 4.90 Å². The fourth-order valence-corrected chi connectivity index (χ4v) is 5.57. The predicted octanol–water partition coefficient (Wildman–Crippen LogP) is 9.55. The Morgan fingerprint density at radius 1 is 0.538 bits per heavy atom. The van der Waals surface area contributed by atoms with Crippen LogP contribution in [-0.2, 0) is 0 Å². The molecular formula is C36H23N3. The number of anilines is 3. The van der Waals surface area contributed by atoms with Crippen LogP contribution in [0.15, 0.2) is 140 Å². The van der Waals surface area contributed by atoms with Gasteiger partial charge in [0.25, 0.3) is 0 Å². The molecule has 3 heteroatoms. The highest BCUT2D eigenvalue weighted by Crippen LogP contribution is 2.47. The molecule has 0 atom stereocenters. The van der Waals surface area contributed by atoms with Gasteiger partial charge in [-0.25, -0.2) is 4.98 Å². The topological polar surface area (TPSA) is 39.9 Å². The molecule has 0 spiro atoms. The number of aromatic nitrogens is 1. The Balaban J connectivity index is 1.61. The third-order valence-electron chi connectivity index (χ3n) is 7.26. The van der Waals surface area contributed by atoms with E-state index in [9.17, 15) is 5.26 Å². The largest absolute Gasteiger partial charge is 0.294 e. The average Bonchev–Trinajstić information content (AvgIpc) is 3.01. The van der Waals surface area contributed by atoms with Gasteiger partial charge in [0.05, 0.1) is 5.69 Å². The van der Waals surface area contributed by atoms with Crippen LogP contribution >= 0.6 is 0 Å². The molecule has 1 heterocycles. The van der Waals surface area contributed by atoms with Crippen molar-refractivity contribution in [3.63, 3.8) is 0 Å². The number of nitrogens with zero attached hydrogens (tertiary/aromatic N) is 3. The monoisotopic (exact) mass is 497 g/mol. The lowest BCUT2D eigenvalue weighted by Crippen LogP contribution is -2.13.